The van der Waals surface area contributed by atoms with E-state index in [1.165, 1.54) is 12.8 Å². The van der Waals surface area contributed by atoms with Gasteiger partial charge in [0.05, 0.1) is 18.3 Å². The van der Waals surface area contributed by atoms with Gasteiger partial charge >= 0.3 is 0 Å². The third-order valence-corrected chi connectivity index (χ3v) is 7.86. The van der Waals surface area contributed by atoms with Crippen molar-refractivity contribution in [1.29, 1.82) is 0 Å². The molecule has 3 aliphatic rings. The lowest BCUT2D eigenvalue weighted by molar-refractivity contribution is 0.0700. The molecule has 3 heterocycles. The van der Waals surface area contributed by atoms with E-state index in [-0.39, 0.29) is 18.0 Å². The Bertz CT molecular complexity index is 1350. The van der Waals surface area contributed by atoms with Gasteiger partial charge in [-0.25, -0.2) is 9.97 Å². The summed E-state index contributed by atoms with van der Waals surface area (Å²) < 4.78 is 7.76. The van der Waals surface area contributed by atoms with Crippen LogP contribution in [0.1, 0.15) is 47.4 Å². The van der Waals surface area contributed by atoms with Crippen molar-refractivity contribution in [3.63, 3.8) is 0 Å². The van der Waals surface area contributed by atoms with Gasteiger partial charge < -0.3 is 19.9 Å². The lowest BCUT2D eigenvalue weighted by Gasteiger charge is -2.27. The van der Waals surface area contributed by atoms with Crippen LogP contribution in [-0.2, 0) is 13.5 Å². The Morgan fingerprint density at radius 2 is 2.06 bits per heavy atom. The molecule has 34 heavy (non-hydrogen) atoms. The number of hydrogen-bond acceptors (Lipinski definition) is 5. The molecule has 0 radical (unpaired) electrons. The average Bonchev–Trinajstić information content (AvgIpc) is 3.43. The Hall–Kier alpha value is -3.37. The highest BCUT2D eigenvalue weighted by Crippen LogP contribution is 2.39. The van der Waals surface area contributed by atoms with Crippen molar-refractivity contribution in [3.05, 3.63) is 41.2 Å². The second kappa shape index (κ2) is 7.85. The second-order valence-corrected chi connectivity index (χ2v) is 9.96. The molecule has 1 amide bonds. The quantitative estimate of drug-likeness (QED) is 0.598. The van der Waals surface area contributed by atoms with E-state index in [9.17, 15) is 4.79 Å². The zero-order chi connectivity index (χ0) is 23.6. The number of hydrogen-bond donors (Lipinski definition) is 1. The Kier molecular flexibility index (Phi) is 4.89. The summed E-state index contributed by atoms with van der Waals surface area (Å²) in [6, 6.07) is 7.80. The van der Waals surface area contributed by atoms with Crippen LogP contribution in [0.4, 0.5) is 0 Å². The van der Waals surface area contributed by atoms with Gasteiger partial charge in [-0.2, -0.15) is 0 Å². The number of pyridine rings is 1. The normalized spacial score (nSPS) is 23.5. The van der Waals surface area contributed by atoms with E-state index in [4.69, 9.17) is 26.9 Å². The van der Waals surface area contributed by atoms with Gasteiger partial charge in [0.1, 0.15) is 22.8 Å². The van der Waals surface area contributed by atoms with E-state index >= 15 is 0 Å². The first-order valence-corrected chi connectivity index (χ1v) is 12.1. The van der Waals surface area contributed by atoms with Gasteiger partial charge in [0, 0.05) is 36.8 Å². The molecule has 2 N–H and O–H groups in total. The molecule has 7 heteroatoms. The standard InChI is InChI=1S/C27H29N5O2/c1-4-18-8-9-19(20(29-18)11-15-5-6-15)26-30-21-12-17(13-23(34-3)25(21)31(26)2)27(33)32-14-16-7-10-22(32)24(16)28/h1,8-9,12-13,15-16,22,24H,5-7,10-11,14,28H2,2-3H3/t16-,22-,24-/m1/s1. The first-order valence-electron chi connectivity index (χ1n) is 12.1. The summed E-state index contributed by atoms with van der Waals surface area (Å²) in [6.07, 6.45) is 11.1. The van der Waals surface area contributed by atoms with Gasteiger partial charge in [0.15, 0.2) is 0 Å². The van der Waals surface area contributed by atoms with Crippen molar-refractivity contribution < 1.29 is 9.53 Å². The number of fused-ring (bicyclic) bond motifs is 3. The number of amides is 1. The molecular weight excluding hydrogens is 426 g/mol. The summed E-state index contributed by atoms with van der Waals surface area (Å²) in [5.74, 6) is 5.15. The molecule has 174 valence electrons. The molecule has 1 saturated heterocycles. The lowest BCUT2D eigenvalue weighted by atomic mass is 10.1. The third-order valence-electron chi connectivity index (χ3n) is 7.86. The number of imidazole rings is 1. The van der Waals surface area contributed by atoms with Gasteiger partial charge in [-0.3, -0.25) is 4.79 Å². The minimum atomic E-state index is 0.00418. The molecule has 0 unspecified atom stereocenters. The summed E-state index contributed by atoms with van der Waals surface area (Å²) in [7, 11) is 3.61. The summed E-state index contributed by atoms with van der Waals surface area (Å²) >= 11 is 0. The molecule has 2 aromatic heterocycles. The Labute approximate surface area is 199 Å². The minimum Gasteiger partial charge on any atom is -0.494 e. The zero-order valence-electron chi connectivity index (χ0n) is 19.6. The maximum absolute atomic E-state index is 13.5. The van der Waals surface area contributed by atoms with Gasteiger partial charge in [0.2, 0.25) is 0 Å². The zero-order valence-corrected chi connectivity index (χ0v) is 19.6. The Morgan fingerprint density at radius 3 is 2.71 bits per heavy atom. The van der Waals surface area contributed by atoms with Crippen molar-refractivity contribution >= 4 is 16.9 Å². The third kappa shape index (κ3) is 3.28. The van der Waals surface area contributed by atoms with E-state index < -0.39 is 0 Å². The molecule has 2 saturated carbocycles. The van der Waals surface area contributed by atoms with Crippen LogP contribution in [-0.4, -0.2) is 51.1 Å². The molecule has 3 fully saturated rings. The number of piperidine rings is 1. The monoisotopic (exact) mass is 455 g/mol. The number of carbonyl (C=O) groups is 1. The maximum atomic E-state index is 13.5. The number of aryl methyl sites for hydroxylation is 1. The average molecular weight is 456 g/mol. The topological polar surface area (TPSA) is 86.3 Å². The molecule has 1 aromatic carbocycles. The first-order chi connectivity index (χ1) is 16.5. The summed E-state index contributed by atoms with van der Waals surface area (Å²) in [4.78, 5) is 25.1. The molecule has 2 aliphatic carbocycles. The van der Waals surface area contributed by atoms with E-state index in [2.05, 4.69) is 5.92 Å². The maximum Gasteiger partial charge on any atom is 0.254 e. The van der Waals surface area contributed by atoms with Crippen LogP contribution in [0.15, 0.2) is 24.3 Å². The van der Waals surface area contributed by atoms with Crippen molar-refractivity contribution in [1.82, 2.24) is 19.4 Å². The second-order valence-electron chi connectivity index (χ2n) is 9.96. The number of rotatable bonds is 5. The number of ether oxygens (including phenoxy) is 1. The van der Waals surface area contributed by atoms with Crippen LogP contribution in [0.3, 0.4) is 0 Å². The van der Waals surface area contributed by atoms with Crippen molar-refractivity contribution in [2.75, 3.05) is 13.7 Å². The van der Waals surface area contributed by atoms with E-state index in [1.807, 2.05) is 40.8 Å². The van der Waals surface area contributed by atoms with Crippen LogP contribution < -0.4 is 10.5 Å². The molecule has 3 atom stereocenters. The van der Waals surface area contributed by atoms with Crippen molar-refractivity contribution in [2.45, 2.75) is 44.2 Å². The van der Waals surface area contributed by atoms with Gasteiger partial charge in [-0.05, 0) is 68.2 Å². The highest BCUT2D eigenvalue weighted by atomic mass is 16.5. The molecule has 2 bridgehead atoms. The number of carbonyl (C=O) groups excluding carboxylic acids is 1. The minimum absolute atomic E-state index is 0.00418. The van der Waals surface area contributed by atoms with Gasteiger partial charge in [-0.1, -0.05) is 5.92 Å². The van der Waals surface area contributed by atoms with Crippen LogP contribution in [0.25, 0.3) is 22.4 Å². The molecule has 3 aromatic rings. The highest BCUT2D eigenvalue weighted by molar-refractivity contribution is 6.00. The number of aromatic nitrogens is 3. The Morgan fingerprint density at radius 1 is 1.24 bits per heavy atom. The fourth-order valence-corrected chi connectivity index (χ4v) is 5.81. The molecule has 0 spiro atoms. The molecule has 7 nitrogen and oxygen atoms in total. The number of benzene rings is 1. The van der Waals surface area contributed by atoms with Crippen LogP contribution in [0.5, 0.6) is 5.75 Å². The number of nitrogens with two attached hydrogens (primary N) is 1. The summed E-state index contributed by atoms with van der Waals surface area (Å²) in [5.41, 5.74) is 11.1. The Balaban J connectivity index is 1.43. The number of methoxy groups -OCH3 is 1. The van der Waals surface area contributed by atoms with Crippen molar-refractivity contribution in [2.24, 2.45) is 24.6 Å². The smallest absolute Gasteiger partial charge is 0.254 e. The van der Waals surface area contributed by atoms with Crippen molar-refractivity contribution in [3.8, 4) is 29.5 Å². The lowest BCUT2D eigenvalue weighted by Crippen LogP contribution is -2.41. The molecule has 6 rings (SSSR count). The SMILES string of the molecule is C#Cc1ccc(-c2nc3cc(C(=O)N4C[C@H]5CC[C@@H]4[C@@H]5N)cc(OC)c3n2C)c(CC2CC2)n1. The van der Waals surface area contributed by atoms with E-state index in [1.54, 1.807) is 7.11 Å². The van der Waals surface area contributed by atoms with Gasteiger partial charge in [-0.15, -0.1) is 6.42 Å². The van der Waals surface area contributed by atoms with Gasteiger partial charge in [0.25, 0.3) is 5.91 Å². The predicted octanol–water partition coefficient (Wildman–Crippen LogP) is 3.14. The van der Waals surface area contributed by atoms with E-state index in [0.717, 1.165) is 53.9 Å². The first kappa shape index (κ1) is 21.2. The summed E-state index contributed by atoms with van der Waals surface area (Å²) in [6.45, 7) is 0.732. The van der Waals surface area contributed by atoms with E-state index in [0.29, 0.717) is 28.8 Å². The van der Waals surface area contributed by atoms with Crippen LogP contribution >= 0.6 is 0 Å². The molecule has 1 aliphatic heterocycles. The summed E-state index contributed by atoms with van der Waals surface area (Å²) in [5, 5.41) is 0. The fraction of sp³-hybridized carbons (Fsp3) is 0.444. The number of nitrogens with zero attached hydrogens (tertiary/aromatic N) is 4. The number of likely N-dealkylation sites (tertiary alicyclic amines) is 1. The van der Waals surface area contributed by atoms with Crippen LogP contribution in [0, 0.1) is 24.2 Å². The largest absolute Gasteiger partial charge is 0.494 e. The highest BCUT2D eigenvalue weighted by Gasteiger charge is 2.47. The fourth-order valence-electron chi connectivity index (χ4n) is 5.81. The number of terminal acetylenes is 1. The van der Waals surface area contributed by atoms with Crippen LogP contribution in [0.2, 0.25) is 0 Å². The predicted molar refractivity (Wildman–Crippen MR) is 130 cm³/mol. The molecular formula is C27H29N5O2.